The van der Waals surface area contributed by atoms with Gasteiger partial charge in [-0.3, -0.25) is 0 Å². The molecule has 7 heteroatoms. The number of benzene rings is 2. The first-order valence-electron chi connectivity index (χ1n) is 10.7. The van der Waals surface area contributed by atoms with Gasteiger partial charge >= 0.3 is 5.97 Å². The minimum atomic E-state index is -0.932. The predicted octanol–water partition coefficient (Wildman–Crippen LogP) is 5.53. The SMILES string of the molecule is Cc1cccc(CO[C@@H]2CCCC(OCc3cnc(-c4ccc(F)cc4)o3)C2)c1C(=O)O. The number of carboxylic acid groups (broad SMARTS) is 1. The van der Waals surface area contributed by atoms with Crippen LogP contribution in [0.1, 0.15) is 52.9 Å². The summed E-state index contributed by atoms with van der Waals surface area (Å²) in [6.45, 7) is 2.36. The highest BCUT2D eigenvalue weighted by Crippen LogP contribution is 2.27. The van der Waals surface area contributed by atoms with Gasteiger partial charge in [-0.25, -0.2) is 14.2 Å². The zero-order chi connectivity index (χ0) is 22.5. The van der Waals surface area contributed by atoms with Crippen LogP contribution in [0.25, 0.3) is 11.5 Å². The number of ether oxygens (including phenoxy) is 2. The Balaban J connectivity index is 1.29. The van der Waals surface area contributed by atoms with Gasteiger partial charge in [-0.2, -0.15) is 0 Å². The largest absolute Gasteiger partial charge is 0.478 e. The van der Waals surface area contributed by atoms with E-state index in [1.165, 1.54) is 12.1 Å². The van der Waals surface area contributed by atoms with Crippen molar-refractivity contribution >= 4 is 5.97 Å². The molecule has 1 aliphatic rings. The Hall–Kier alpha value is -3.03. The molecule has 0 aliphatic heterocycles. The van der Waals surface area contributed by atoms with Crippen molar-refractivity contribution in [2.45, 2.75) is 58.0 Å². The molecule has 1 fully saturated rings. The van der Waals surface area contributed by atoms with E-state index in [0.29, 0.717) is 34.9 Å². The Labute approximate surface area is 186 Å². The Kier molecular flexibility index (Phi) is 6.97. The minimum absolute atomic E-state index is 0.0143. The van der Waals surface area contributed by atoms with Gasteiger partial charge in [0.2, 0.25) is 5.89 Å². The average molecular weight is 439 g/mol. The van der Waals surface area contributed by atoms with Gasteiger partial charge in [0, 0.05) is 5.56 Å². The van der Waals surface area contributed by atoms with E-state index >= 15 is 0 Å². The molecule has 0 radical (unpaired) electrons. The van der Waals surface area contributed by atoms with Crippen LogP contribution in [0, 0.1) is 12.7 Å². The summed E-state index contributed by atoms with van der Waals surface area (Å²) in [5.41, 5.74) is 2.45. The summed E-state index contributed by atoms with van der Waals surface area (Å²) in [5, 5.41) is 9.48. The minimum Gasteiger partial charge on any atom is -0.478 e. The smallest absolute Gasteiger partial charge is 0.336 e. The molecule has 0 amide bonds. The molecule has 1 unspecified atom stereocenters. The number of halogens is 1. The lowest BCUT2D eigenvalue weighted by atomic mass is 9.94. The number of nitrogens with zero attached hydrogens (tertiary/aromatic N) is 1. The van der Waals surface area contributed by atoms with Gasteiger partial charge in [0.25, 0.3) is 0 Å². The van der Waals surface area contributed by atoms with Crippen molar-refractivity contribution < 1.29 is 28.2 Å². The number of aromatic carboxylic acids is 1. The number of aromatic nitrogens is 1. The molecular weight excluding hydrogens is 413 g/mol. The van der Waals surface area contributed by atoms with E-state index in [-0.39, 0.29) is 24.6 Å². The van der Waals surface area contributed by atoms with Crippen molar-refractivity contribution in [3.8, 4) is 11.5 Å². The van der Waals surface area contributed by atoms with Gasteiger partial charge in [-0.15, -0.1) is 0 Å². The van der Waals surface area contributed by atoms with E-state index < -0.39 is 5.97 Å². The van der Waals surface area contributed by atoms with Crippen LogP contribution in [0.4, 0.5) is 4.39 Å². The predicted molar refractivity (Wildman–Crippen MR) is 116 cm³/mol. The monoisotopic (exact) mass is 439 g/mol. The van der Waals surface area contributed by atoms with Crippen LogP contribution in [-0.2, 0) is 22.7 Å². The second kappa shape index (κ2) is 10.1. The van der Waals surface area contributed by atoms with Crippen LogP contribution in [-0.4, -0.2) is 28.3 Å². The van der Waals surface area contributed by atoms with Crippen LogP contribution in [0.15, 0.2) is 53.1 Å². The van der Waals surface area contributed by atoms with Crippen molar-refractivity contribution in [3.05, 3.63) is 76.9 Å². The van der Waals surface area contributed by atoms with Crippen LogP contribution in [0.5, 0.6) is 0 Å². The summed E-state index contributed by atoms with van der Waals surface area (Å²) in [6.07, 6.45) is 5.25. The van der Waals surface area contributed by atoms with Crippen LogP contribution < -0.4 is 0 Å². The van der Waals surface area contributed by atoms with E-state index in [0.717, 1.165) is 31.2 Å². The standard InChI is InChI=1S/C25H26FNO5/c1-16-4-2-5-18(23(16)25(28)29)14-30-20-6-3-7-21(12-20)31-15-22-13-27-24(32-22)17-8-10-19(26)11-9-17/h2,4-5,8-11,13,20-21H,3,6-7,12,14-15H2,1H3,(H,28,29)/t20-,21?/m1/s1. The molecule has 2 aromatic carbocycles. The van der Waals surface area contributed by atoms with Gasteiger partial charge in [-0.05, 0) is 68.0 Å². The zero-order valence-corrected chi connectivity index (χ0v) is 17.9. The van der Waals surface area contributed by atoms with E-state index in [2.05, 4.69) is 4.98 Å². The molecule has 32 heavy (non-hydrogen) atoms. The summed E-state index contributed by atoms with van der Waals surface area (Å²) in [4.78, 5) is 15.8. The van der Waals surface area contributed by atoms with E-state index in [4.69, 9.17) is 13.9 Å². The topological polar surface area (TPSA) is 81.8 Å². The summed E-state index contributed by atoms with van der Waals surface area (Å²) in [5.74, 6) is -0.197. The second-order valence-electron chi connectivity index (χ2n) is 8.09. The zero-order valence-electron chi connectivity index (χ0n) is 17.9. The number of hydrogen-bond acceptors (Lipinski definition) is 5. The lowest BCUT2D eigenvalue weighted by Crippen LogP contribution is -2.28. The molecule has 3 aromatic rings. The highest BCUT2D eigenvalue weighted by atomic mass is 19.1. The highest BCUT2D eigenvalue weighted by molar-refractivity contribution is 5.91. The van der Waals surface area contributed by atoms with E-state index in [1.807, 2.05) is 6.07 Å². The van der Waals surface area contributed by atoms with Crippen LogP contribution in [0.3, 0.4) is 0 Å². The Bertz CT molecular complexity index is 1060. The van der Waals surface area contributed by atoms with Crippen LogP contribution >= 0.6 is 0 Å². The normalized spacial score (nSPS) is 18.6. The maximum atomic E-state index is 13.1. The molecule has 0 saturated heterocycles. The lowest BCUT2D eigenvalue weighted by molar-refractivity contribution is -0.0586. The van der Waals surface area contributed by atoms with Crippen molar-refractivity contribution in [1.29, 1.82) is 0 Å². The first-order valence-corrected chi connectivity index (χ1v) is 10.7. The second-order valence-corrected chi connectivity index (χ2v) is 8.09. The highest BCUT2D eigenvalue weighted by Gasteiger charge is 2.24. The van der Waals surface area contributed by atoms with Gasteiger partial charge < -0.3 is 19.0 Å². The van der Waals surface area contributed by atoms with E-state index in [9.17, 15) is 14.3 Å². The number of aryl methyl sites for hydroxylation is 1. The van der Waals surface area contributed by atoms with Crippen molar-refractivity contribution in [1.82, 2.24) is 4.98 Å². The third-order valence-corrected chi connectivity index (χ3v) is 5.73. The molecule has 1 heterocycles. The average Bonchev–Trinajstić information content (AvgIpc) is 3.26. The fourth-order valence-electron chi connectivity index (χ4n) is 4.07. The first kappa shape index (κ1) is 22.2. The molecular formula is C25H26FNO5. The molecule has 0 bridgehead atoms. The number of carbonyl (C=O) groups is 1. The molecule has 1 aliphatic carbocycles. The van der Waals surface area contributed by atoms with Gasteiger partial charge in [0.1, 0.15) is 12.4 Å². The molecule has 168 valence electrons. The molecule has 1 N–H and O–H groups in total. The fourth-order valence-corrected chi connectivity index (χ4v) is 4.07. The van der Waals surface area contributed by atoms with E-state index in [1.54, 1.807) is 37.4 Å². The molecule has 2 atom stereocenters. The van der Waals surface area contributed by atoms with Gasteiger partial charge in [0.15, 0.2) is 5.76 Å². The first-order chi connectivity index (χ1) is 15.5. The number of oxazole rings is 1. The Morgan fingerprint density at radius 2 is 1.84 bits per heavy atom. The third kappa shape index (κ3) is 5.41. The van der Waals surface area contributed by atoms with Crippen molar-refractivity contribution in [2.24, 2.45) is 0 Å². The number of hydrogen-bond donors (Lipinski definition) is 1. The summed E-state index contributed by atoms with van der Waals surface area (Å²) < 4.78 is 30.9. The quantitative estimate of drug-likeness (QED) is 0.497. The van der Waals surface area contributed by atoms with Gasteiger partial charge in [0.05, 0.1) is 30.6 Å². The summed E-state index contributed by atoms with van der Waals surface area (Å²) >= 11 is 0. The Morgan fingerprint density at radius 1 is 1.12 bits per heavy atom. The van der Waals surface area contributed by atoms with Crippen molar-refractivity contribution in [2.75, 3.05) is 0 Å². The van der Waals surface area contributed by atoms with Gasteiger partial charge in [-0.1, -0.05) is 18.2 Å². The van der Waals surface area contributed by atoms with Crippen LogP contribution in [0.2, 0.25) is 0 Å². The molecule has 6 nitrogen and oxygen atoms in total. The maximum Gasteiger partial charge on any atom is 0.336 e. The fraction of sp³-hybridized carbons (Fsp3) is 0.360. The lowest BCUT2D eigenvalue weighted by Gasteiger charge is -2.29. The molecule has 1 aromatic heterocycles. The number of carboxylic acids is 1. The molecule has 4 rings (SSSR count). The summed E-state index contributed by atoms with van der Waals surface area (Å²) in [6, 6.07) is 11.4. The third-order valence-electron chi connectivity index (χ3n) is 5.73. The number of rotatable bonds is 8. The summed E-state index contributed by atoms with van der Waals surface area (Å²) in [7, 11) is 0. The molecule has 0 spiro atoms. The molecule has 1 saturated carbocycles. The Morgan fingerprint density at radius 3 is 2.56 bits per heavy atom. The van der Waals surface area contributed by atoms with Crippen molar-refractivity contribution in [3.63, 3.8) is 0 Å². The maximum absolute atomic E-state index is 13.1.